The van der Waals surface area contributed by atoms with Crippen molar-refractivity contribution in [2.24, 2.45) is 5.73 Å². The number of H-pyrrole nitrogens is 2. The molecule has 0 aliphatic heterocycles. The number of hydrogen-bond donors (Lipinski definition) is 3. The number of nitrogens with zero attached hydrogens (tertiary/aromatic N) is 2. The Labute approximate surface area is 155 Å². The minimum Gasteiger partial charge on any atom is -0.333 e. The standard InChI is InChI=1S/C19H21N5O3/c1-12-10-14(21-16-15(12)17(25)23-19(27)22-16)18(26)24(9-5-8-20)11-13-6-3-2-4-7-13/h2-4,6-7,10H,5,8-9,11,20H2,1H3,(H2,21,22,23,25,27). The van der Waals surface area contributed by atoms with Gasteiger partial charge in [-0.25, -0.2) is 9.78 Å². The number of aromatic amines is 2. The van der Waals surface area contributed by atoms with E-state index in [2.05, 4.69) is 15.0 Å². The molecule has 2 heterocycles. The Balaban J connectivity index is 2.00. The first-order chi connectivity index (χ1) is 13.0. The Hall–Kier alpha value is -3.26. The highest BCUT2D eigenvalue weighted by Crippen LogP contribution is 2.14. The molecule has 0 aliphatic rings. The molecule has 0 unspecified atom stereocenters. The van der Waals surface area contributed by atoms with Crippen molar-refractivity contribution in [2.75, 3.05) is 13.1 Å². The summed E-state index contributed by atoms with van der Waals surface area (Å²) in [5, 5.41) is 0.266. The van der Waals surface area contributed by atoms with Gasteiger partial charge in [-0.3, -0.25) is 19.6 Å². The van der Waals surface area contributed by atoms with E-state index in [-0.39, 0.29) is 22.6 Å². The summed E-state index contributed by atoms with van der Waals surface area (Å²) in [5.74, 6) is -0.279. The molecule has 140 valence electrons. The number of amides is 1. The van der Waals surface area contributed by atoms with Gasteiger partial charge in [0.25, 0.3) is 11.5 Å². The van der Waals surface area contributed by atoms with Crippen molar-refractivity contribution in [3.8, 4) is 0 Å². The number of fused-ring (bicyclic) bond motifs is 1. The predicted molar refractivity (Wildman–Crippen MR) is 103 cm³/mol. The Kier molecular flexibility index (Phi) is 5.46. The Morgan fingerprint density at radius 1 is 1.19 bits per heavy atom. The van der Waals surface area contributed by atoms with Crippen LogP contribution < -0.4 is 17.0 Å². The highest BCUT2D eigenvalue weighted by atomic mass is 16.2. The van der Waals surface area contributed by atoms with E-state index in [4.69, 9.17) is 5.73 Å². The van der Waals surface area contributed by atoms with Crippen molar-refractivity contribution in [3.05, 3.63) is 74.1 Å². The zero-order chi connectivity index (χ0) is 19.4. The van der Waals surface area contributed by atoms with Crippen LogP contribution in [0.15, 0.2) is 46.0 Å². The topological polar surface area (TPSA) is 125 Å². The first-order valence-corrected chi connectivity index (χ1v) is 8.67. The van der Waals surface area contributed by atoms with Crippen molar-refractivity contribution in [1.29, 1.82) is 0 Å². The molecule has 3 rings (SSSR count). The molecule has 0 saturated carbocycles. The molecule has 0 aliphatic carbocycles. The molecule has 3 aromatic rings. The third-order valence-corrected chi connectivity index (χ3v) is 4.26. The Morgan fingerprint density at radius 3 is 2.63 bits per heavy atom. The van der Waals surface area contributed by atoms with Crippen LogP contribution in [0.25, 0.3) is 11.0 Å². The van der Waals surface area contributed by atoms with Crippen molar-refractivity contribution in [2.45, 2.75) is 19.9 Å². The van der Waals surface area contributed by atoms with Crippen LogP contribution in [0.1, 0.15) is 28.0 Å². The lowest BCUT2D eigenvalue weighted by Crippen LogP contribution is -2.33. The van der Waals surface area contributed by atoms with Gasteiger partial charge in [0.15, 0.2) is 0 Å². The van der Waals surface area contributed by atoms with E-state index < -0.39 is 11.2 Å². The summed E-state index contributed by atoms with van der Waals surface area (Å²) < 4.78 is 0. The molecule has 0 fully saturated rings. The molecule has 8 nitrogen and oxygen atoms in total. The van der Waals surface area contributed by atoms with Gasteiger partial charge >= 0.3 is 5.69 Å². The van der Waals surface area contributed by atoms with E-state index >= 15 is 0 Å². The van der Waals surface area contributed by atoms with E-state index in [9.17, 15) is 14.4 Å². The van der Waals surface area contributed by atoms with Crippen LogP contribution in [0.4, 0.5) is 0 Å². The number of rotatable bonds is 6. The molecular weight excluding hydrogens is 346 g/mol. The Morgan fingerprint density at radius 2 is 1.93 bits per heavy atom. The number of nitrogens with two attached hydrogens (primary N) is 1. The summed E-state index contributed by atoms with van der Waals surface area (Å²) in [4.78, 5) is 47.2. The molecular formula is C19H21N5O3. The lowest BCUT2D eigenvalue weighted by molar-refractivity contribution is 0.0736. The van der Waals surface area contributed by atoms with E-state index in [1.807, 2.05) is 30.3 Å². The molecule has 1 amide bonds. The second kappa shape index (κ2) is 7.96. The van der Waals surface area contributed by atoms with Crippen molar-refractivity contribution < 1.29 is 4.79 Å². The average molecular weight is 367 g/mol. The predicted octanol–water partition coefficient (Wildman–Crippen LogP) is 0.911. The summed E-state index contributed by atoms with van der Waals surface area (Å²) in [6.45, 7) is 3.07. The van der Waals surface area contributed by atoms with Crippen LogP contribution in [-0.4, -0.2) is 38.8 Å². The van der Waals surface area contributed by atoms with Crippen molar-refractivity contribution >= 4 is 16.9 Å². The maximum atomic E-state index is 13.1. The molecule has 1 aromatic carbocycles. The van der Waals surface area contributed by atoms with Gasteiger partial charge in [0.05, 0.1) is 5.39 Å². The third kappa shape index (κ3) is 4.12. The fraction of sp³-hybridized carbons (Fsp3) is 0.263. The second-order valence-electron chi connectivity index (χ2n) is 6.31. The fourth-order valence-electron chi connectivity index (χ4n) is 2.96. The van der Waals surface area contributed by atoms with Crippen LogP contribution in [0.5, 0.6) is 0 Å². The summed E-state index contributed by atoms with van der Waals surface area (Å²) >= 11 is 0. The fourth-order valence-corrected chi connectivity index (χ4v) is 2.96. The lowest BCUT2D eigenvalue weighted by atomic mass is 10.1. The summed E-state index contributed by atoms with van der Waals surface area (Å²) in [7, 11) is 0. The molecule has 0 bridgehead atoms. The number of nitrogens with one attached hydrogen (secondary N) is 2. The monoisotopic (exact) mass is 367 g/mol. The summed E-state index contributed by atoms with van der Waals surface area (Å²) in [6.07, 6.45) is 0.654. The van der Waals surface area contributed by atoms with Gasteiger partial charge in [-0.15, -0.1) is 0 Å². The maximum absolute atomic E-state index is 13.1. The number of carbonyl (C=O) groups excluding carboxylic acids is 1. The number of benzene rings is 1. The van der Waals surface area contributed by atoms with Crippen LogP contribution >= 0.6 is 0 Å². The molecule has 0 atom stereocenters. The molecule has 0 spiro atoms. The SMILES string of the molecule is Cc1cc(C(=O)N(CCCN)Cc2ccccc2)nc2[nH]c(=O)[nH]c(=O)c12. The first-order valence-electron chi connectivity index (χ1n) is 8.67. The number of carbonyl (C=O) groups is 1. The quantitative estimate of drug-likeness (QED) is 0.597. The van der Waals surface area contributed by atoms with Crippen molar-refractivity contribution in [3.63, 3.8) is 0 Å². The van der Waals surface area contributed by atoms with Crippen LogP contribution in [-0.2, 0) is 6.54 Å². The number of aromatic nitrogens is 3. The van der Waals surface area contributed by atoms with Crippen LogP contribution in [0, 0.1) is 6.92 Å². The van der Waals surface area contributed by atoms with Gasteiger partial charge in [0, 0.05) is 13.1 Å². The number of pyridine rings is 1. The van der Waals surface area contributed by atoms with E-state index in [0.29, 0.717) is 31.6 Å². The van der Waals surface area contributed by atoms with E-state index in [1.54, 1.807) is 17.9 Å². The minimum atomic E-state index is -0.659. The molecule has 0 saturated heterocycles. The lowest BCUT2D eigenvalue weighted by Gasteiger charge is -2.22. The average Bonchev–Trinajstić information content (AvgIpc) is 2.64. The molecule has 2 aromatic heterocycles. The molecule has 8 heteroatoms. The molecule has 4 N–H and O–H groups in total. The third-order valence-electron chi connectivity index (χ3n) is 4.26. The van der Waals surface area contributed by atoms with Crippen LogP contribution in [0.2, 0.25) is 0 Å². The van der Waals surface area contributed by atoms with Gasteiger partial charge in [0.2, 0.25) is 0 Å². The van der Waals surface area contributed by atoms with Gasteiger partial charge in [-0.05, 0) is 37.1 Å². The van der Waals surface area contributed by atoms with Crippen molar-refractivity contribution in [1.82, 2.24) is 19.9 Å². The second-order valence-corrected chi connectivity index (χ2v) is 6.31. The smallest absolute Gasteiger partial charge is 0.327 e. The van der Waals surface area contributed by atoms with Gasteiger partial charge in [-0.2, -0.15) is 0 Å². The number of hydrogen-bond acceptors (Lipinski definition) is 5. The van der Waals surface area contributed by atoms with Gasteiger partial charge in [0.1, 0.15) is 11.3 Å². The highest BCUT2D eigenvalue weighted by Gasteiger charge is 2.19. The summed E-state index contributed by atoms with van der Waals surface area (Å²) in [5.41, 5.74) is 6.26. The zero-order valence-electron chi connectivity index (χ0n) is 15.0. The molecule has 0 radical (unpaired) electrons. The summed E-state index contributed by atoms with van der Waals surface area (Å²) in [6, 6.07) is 11.2. The first kappa shape index (κ1) is 18.5. The largest absolute Gasteiger partial charge is 0.333 e. The zero-order valence-corrected chi connectivity index (χ0v) is 15.0. The van der Waals surface area contributed by atoms with E-state index in [0.717, 1.165) is 5.56 Å². The minimum absolute atomic E-state index is 0.102. The highest BCUT2D eigenvalue weighted by molar-refractivity contribution is 5.95. The number of aryl methyl sites for hydroxylation is 1. The maximum Gasteiger partial charge on any atom is 0.327 e. The van der Waals surface area contributed by atoms with Crippen LogP contribution in [0.3, 0.4) is 0 Å². The van der Waals surface area contributed by atoms with Gasteiger partial charge < -0.3 is 10.6 Å². The Bertz CT molecular complexity index is 1070. The normalized spacial score (nSPS) is 10.9. The molecule has 27 heavy (non-hydrogen) atoms. The van der Waals surface area contributed by atoms with E-state index in [1.165, 1.54) is 0 Å². The van der Waals surface area contributed by atoms with Gasteiger partial charge in [-0.1, -0.05) is 30.3 Å².